The number of hydrogen-bond acceptors (Lipinski definition) is 2. The minimum absolute atomic E-state index is 0.0599. The molecule has 0 aliphatic carbocycles. The predicted octanol–water partition coefficient (Wildman–Crippen LogP) is 5.42. The van der Waals surface area contributed by atoms with E-state index in [1.165, 1.54) is 5.56 Å². The molecule has 0 atom stereocenters. The van der Waals surface area contributed by atoms with Crippen molar-refractivity contribution in [1.82, 2.24) is 0 Å². The first-order valence-corrected chi connectivity index (χ1v) is 8.46. The molecule has 0 amide bonds. The molecule has 0 saturated heterocycles. The zero-order chi connectivity index (χ0) is 17.9. The van der Waals surface area contributed by atoms with Gasteiger partial charge in [-0.2, -0.15) is 0 Å². The molecule has 2 aromatic rings. The van der Waals surface area contributed by atoms with Crippen LogP contribution in [-0.4, -0.2) is 12.2 Å². The lowest BCUT2D eigenvalue weighted by Gasteiger charge is -2.22. The molecule has 128 valence electrons. The van der Waals surface area contributed by atoms with E-state index in [1.807, 2.05) is 12.1 Å². The quantitative estimate of drug-likeness (QED) is 0.730. The van der Waals surface area contributed by atoms with Crippen LogP contribution in [0, 0.1) is 13.8 Å². The van der Waals surface area contributed by atoms with E-state index < -0.39 is 0 Å². The van der Waals surface area contributed by atoms with Gasteiger partial charge >= 0.3 is 0 Å². The number of methoxy groups -OCH3 is 1. The Morgan fingerprint density at radius 2 is 1.62 bits per heavy atom. The summed E-state index contributed by atoms with van der Waals surface area (Å²) >= 11 is 5.50. The largest absolute Gasteiger partial charge is 0.495 e. The van der Waals surface area contributed by atoms with Gasteiger partial charge in [-0.15, -0.1) is 0 Å². The first kappa shape index (κ1) is 18.3. The summed E-state index contributed by atoms with van der Waals surface area (Å²) in [7, 11) is 1.67. The molecule has 0 spiro atoms. The summed E-state index contributed by atoms with van der Waals surface area (Å²) in [4.78, 5) is 0. The molecule has 0 bridgehead atoms. The zero-order valence-electron chi connectivity index (χ0n) is 15.3. The molecule has 2 N–H and O–H groups in total. The minimum Gasteiger partial charge on any atom is -0.495 e. The molecule has 0 fully saturated rings. The van der Waals surface area contributed by atoms with E-state index in [0.717, 1.165) is 28.3 Å². The fourth-order valence-corrected chi connectivity index (χ4v) is 2.76. The van der Waals surface area contributed by atoms with Gasteiger partial charge in [-0.25, -0.2) is 0 Å². The maximum absolute atomic E-state index is 5.50. The van der Waals surface area contributed by atoms with Crippen LogP contribution in [0.15, 0.2) is 36.4 Å². The summed E-state index contributed by atoms with van der Waals surface area (Å²) in [6.45, 7) is 10.7. The van der Waals surface area contributed by atoms with Crippen molar-refractivity contribution in [1.29, 1.82) is 0 Å². The second kappa shape index (κ2) is 7.22. The van der Waals surface area contributed by atoms with Crippen molar-refractivity contribution in [2.45, 2.75) is 40.0 Å². The number of para-hydroxylation sites is 1. The van der Waals surface area contributed by atoms with Crippen molar-refractivity contribution in [2.24, 2.45) is 0 Å². The molecule has 24 heavy (non-hydrogen) atoms. The second-order valence-electron chi connectivity index (χ2n) is 7.01. The number of nitrogens with one attached hydrogen (secondary N) is 2. The molecular formula is C20H26N2OS. The molecule has 0 aliphatic rings. The summed E-state index contributed by atoms with van der Waals surface area (Å²) in [5.74, 6) is 0.772. The summed E-state index contributed by atoms with van der Waals surface area (Å²) in [5.41, 5.74) is 5.52. The molecule has 0 unspecified atom stereocenters. The van der Waals surface area contributed by atoms with Crippen LogP contribution >= 0.6 is 12.2 Å². The van der Waals surface area contributed by atoms with Crippen LogP contribution in [0.2, 0.25) is 0 Å². The van der Waals surface area contributed by atoms with Crippen LogP contribution in [0.1, 0.15) is 37.5 Å². The Morgan fingerprint density at radius 1 is 1.00 bits per heavy atom. The van der Waals surface area contributed by atoms with E-state index in [9.17, 15) is 0 Å². The van der Waals surface area contributed by atoms with E-state index in [4.69, 9.17) is 17.0 Å². The number of hydrogen-bond donors (Lipinski definition) is 2. The van der Waals surface area contributed by atoms with E-state index >= 15 is 0 Å². The standard InChI is InChI=1S/C20H26N2OS/c1-13-8-7-9-14(2)18(13)22-19(24)21-16-12-15(20(3,4)5)10-11-17(16)23-6/h7-12H,1-6H3,(H2,21,22,24). The summed E-state index contributed by atoms with van der Waals surface area (Å²) in [6.07, 6.45) is 0. The van der Waals surface area contributed by atoms with Crippen molar-refractivity contribution < 1.29 is 4.74 Å². The molecule has 0 heterocycles. The lowest BCUT2D eigenvalue weighted by Crippen LogP contribution is -2.21. The first-order chi connectivity index (χ1) is 11.2. The van der Waals surface area contributed by atoms with Crippen LogP contribution in [0.5, 0.6) is 5.75 Å². The van der Waals surface area contributed by atoms with Crippen LogP contribution in [0.4, 0.5) is 11.4 Å². The monoisotopic (exact) mass is 342 g/mol. The van der Waals surface area contributed by atoms with Gasteiger partial charge in [0.1, 0.15) is 5.75 Å². The van der Waals surface area contributed by atoms with Gasteiger partial charge in [-0.3, -0.25) is 0 Å². The normalized spacial score (nSPS) is 11.1. The molecular weight excluding hydrogens is 316 g/mol. The highest BCUT2D eigenvalue weighted by atomic mass is 32.1. The Bertz CT molecular complexity index is 728. The van der Waals surface area contributed by atoms with Gasteiger partial charge in [-0.05, 0) is 60.3 Å². The van der Waals surface area contributed by atoms with Gasteiger partial charge in [0.2, 0.25) is 0 Å². The number of ether oxygens (including phenoxy) is 1. The molecule has 2 rings (SSSR count). The lowest BCUT2D eigenvalue weighted by molar-refractivity contribution is 0.416. The Hall–Kier alpha value is -2.07. The van der Waals surface area contributed by atoms with Crippen molar-refractivity contribution in [3.8, 4) is 5.75 Å². The number of thiocarbonyl (C=S) groups is 1. The molecule has 0 aromatic heterocycles. The topological polar surface area (TPSA) is 33.3 Å². The third-order valence-electron chi connectivity index (χ3n) is 4.03. The average Bonchev–Trinajstić information content (AvgIpc) is 2.50. The molecule has 0 saturated carbocycles. The lowest BCUT2D eigenvalue weighted by atomic mass is 9.87. The number of aryl methyl sites for hydroxylation is 2. The Labute approximate surface area is 150 Å². The number of rotatable bonds is 3. The SMILES string of the molecule is COc1ccc(C(C)(C)C)cc1NC(=S)Nc1c(C)cccc1C. The molecule has 3 nitrogen and oxygen atoms in total. The van der Waals surface area contributed by atoms with Crippen molar-refractivity contribution in [2.75, 3.05) is 17.7 Å². The maximum atomic E-state index is 5.50. The number of anilines is 2. The van der Waals surface area contributed by atoms with Gasteiger partial charge in [0.15, 0.2) is 5.11 Å². The average molecular weight is 343 g/mol. The van der Waals surface area contributed by atoms with Crippen LogP contribution in [0.25, 0.3) is 0 Å². The Kier molecular flexibility index (Phi) is 5.50. The van der Waals surface area contributed by atoms with Gasteiger partial charge in [0, 0.05) is 5.69 Å². The van der Waals surface area contributed by atoms with E-state index in [-0.39, 0.29) is 5.41 Å². The fourth-order valence-electron chi connectivity index (χ4n) is 2.55. The van der Waals surface area contributed by atoms with Crippen molar-refractivity contribution in [3.63, 3.8) is 0 Å². The van der Waals surface area contributed by atoms with E-state index in [0.29, 0.717) is 5.11 Å². The second-order valence-corrected chi connectivity index (χ2v) is 7.42. The van der Waals surface area contributed by atoms with E-state index in [1.54, 1.807) is 7.11 Å². The summed E-state index contributed by atoms with van der Waals surface area (Å²) in [6, 6.07) is 12.3. The summed E-state index contributed by atoms with van der Waals surface area (Å²) < 4.78 is 5.46. The minimum atomic E-state index is 0.0599. The van der Waals surface area contributed by atoms with Crippen LogP contribution in [-0.2, 0) is 5.41 Å². The third kappa shape index (κ3) is 4.26. The maximum Gasteiger partial charge on any atom is 0.175 e. The smallest absolute Gasteiger partial charge is 0.175 e. The van der Waals surface area contributed by atoms with Gasteiger partial charge in [0.25, 0.3) is 0 Å². The Balaban J connectivity index is 2.25. The molecule has 0 aliphatic heterocycles. The van der Waals surface area contributed by atoms with Gasteiger partial charge < -0.3 is 15.4 Å². The van der Waals surface area contributed by atoms with Crippen molar-refractivity contribution in [3.05, 3.63) is 53.1 Å². The number of benzene rings is 2. The third-order valence-corrected chi connectivity index (χ3v) is 4.24. The highest BCUT2D eigenvalue weighted by Crippen LogP contribution is 2.31. The summed E-state index contributed by atoms with van der Waals surface area (Å²) in [5, 5.41) is 7.13. The van der Waals surface area contributed by atoms with Gasteiger partial charge in [-0.1, -0.05) is 45.0 Å². The van der Waals surface area contributed by atoms with Crippen LogP contribution in [0.3, 0.4) is 0 Å². The molecule has 0 radical (unpaired) electrons. The van der Waals surface area contributed by atoms with Gasteiger partial charge in [0.05, 0.1) is 12.8 Å². The highest BCUT2D eigenvalue weighted by Gasteiger charge is 2.16. The zero-order valence-corrected chi connectivity index (χ0v) is 16.1. The predicted molar refractivity (Wildman–Crippen MR) is 107 cm³/mol. The fraction of sp³-hybridized carbons (Fsp3) is 0.350. The first-order valence-electron chi connectivity index (χ1n) is 8.05. The highest BCUT2D eigenvalue weighted by molar-refractivity contribution is 7.80. The Morgan fingerprint density at radius 3 is 2.17 bits per heavy atom. The van der Waals surface area contributed by atoms with Crippen LogP contribution < -0.4 is 15.4 Å². The van der Waals surface area contributed by atoms with E-state index in [2.05, 4.69) is 69.5 Å². The molecule has 4 heteroatoms. The molecule has 2 aromatic carbocycles. The van der Waals surface area contributed by atoms with Crippen molar-refractivity contribution >= 4 is 28.7 Å².